The van der Waals surface area contributed by atoms with E-state index < -0.39 is 6.04 Å². The summed E-state index contributed by atoms with van der Waals surface area (Å²) < 4.78 is 16.8. The number of rotatable bonds is 6. The van der Waals surface area contributed by atoms with Crippen LogP contribution in [0.3, 0.4) is 0 Å². The topological polar surface area (TPSA) is 95.7 Å². The van der Waals surface area contributed by atoms with Gasteiger partial charge in [-0.05, 0) is 61.9 Å². The fourth-order valence-electron chi connectivity index (χ4n) is 3.64. The Hall–Kier alpha value is -2.80. The number of amides is 1. The minimum absolute atomic E-state index is 0.100. The molecule has 1 fully saturated rings. The maximum atomic E-state index is 12.4. The number of pyridine rings is 1. The van der Waals surface area contributed by atoms with Crippen LogP contribution in [0, 0.1) is 0 Å². The second-order valence-electron chi connectivity index (χ2n) is 7.28. The Morgan fingerprint density at radius 2 is 1.89 bits per heavy atom. The zero-order chi connectivity index (χ0) is 19.3. The molecule has 28 heavy (non-hydrogen) atoms. The van der Waals surface area contributed by atoms with Gasteiger partial charge in [0.1, 0.15) is 5.75 Å². The number of nitrogens with one attached hydrogen (secondary N) is 1. The van der Waals surface area contributed by atoms with Gasteiger partial charge in [-0.2, -0.15) is 0 Å². The van der Waals surface area contributed by atoms with Gasteiger partial charge in [0.15, 0.2) is 11.5 Å². The Balaban J connectivity index is 1.22. The van der Waals surface area contributed by atoms with Gasteiger partial charge in [-0.15, -0.1) is 0 Å². The fourth-order valence-corrected chi connectivity index (χ4v) is 3.64. The van der Waals surface area contributed by atoms with E-state index >= 15 is 0 Å². The number of aromatic nitrogens is 1. The number of benzene rings is 1. The summed E-state index contributed by atoms with van der Waals surface area (Å²) in [6, 6.07) is 9.00. The Bertz CT molecular complexity index is 807. The number of carbonyl (C=O) groups is 1. The lowest BCUT2D eigenvalue weighted by molar-refractivity contribution is -0.123. The molecule has 0 saturated heterocycles. The molecule has 1 amide bonds. The van der Waals surface area contributed by atoms with Crippen molar-refractivity contribution in [2.45, 2.75) is 50.3 Å². The largest absolute Gasteiger partial charge is 0.490 e. The number of hydrogen-bond donors (Lipinski definition) is 2. The Labute approximate surface area is 164 Å². The Kier molecular flexibility index (Phi) is 5.62. The van der Waals surface area contributed by atoms with Gasteiger partial charge >= 0.3 is 0 Å². The smallest absolute Gasteiger partial charge is 0.237 e. The molecule has 1 aromatic heterocycles. The van der Waals surface area contributed by atoms with Crippen LogP contribution in [0.2, 0.25) is 0 Å². The molecule has 0 radical (unpaired) electrons. The van der Waals surface area contributed by atoms with E-state index in [0.717, 1.165) is 48.5 Å². The molecule has 4 rings (SSSR count). The standard InChI is InChI=1S/C21H25N3O4/c22-18(11-14-7-9-23-10-8-14)21(25)24-15-1-3-16(4-2-15)28-17-5-6-19-20(12-17)27-13-26-19/h5-10,12,15-16,18H,1-4,11,13,22H2,(H,24,25)/t15?,16?,18-/m0/s1. The molecular formula is C21H25N3O4. The third-order valence-corrected chi connectivity index (χ3v) is 5.21. The maximum Gasteiger partial charge on any atom is 0.237 e. The molecule has 1 aliphatic carbocycles. The number of ether oxygens (including phenoxy) is 3. The van der Waals surface area contributed by atoms with E-state index in [1.165, 1.54) is 0 Å². The number of fused-ring (bicyclic) bond motifs is 1. The van der Waals surface area contributed by atoms with Crippen LogP contribution in [-0.4, -0.2) is 35.9 Å². The minimum Gasteiger partial charge on any atom is -0.490 e. The summed E-state index contributed by atoms with van der Waals surface area (Å²) in [5.41, 5.74) is 7.07. The normalized spacial score (nSPS) is 21.8. The van der Waals surface area contributed by atoms with E-state index in [0.29, 0.717) is 6.42 Å². The number of nitrogens with zero attached hydrogens (tertiary/aromatic N) is 1. The highest BCUT2D eigenvalue weighted by molar-refractivity contribution is 5.82. The van der Waals surface area contributed by atoms with Crippen LogP contribution in [0.25, 0.3) is 0 Å². The second kappa shape index (κ2) is 8.48. The maximum absolute atomic E-state index is 12.4. The molecule has 7 heteroatoms. The molecule has 2 aromatic rings. The lowest BCUT2D eigenvalue weighted by Gasteiger charge is -2.30. The van der Waals surface area contributed by atoms with Crippen LogP contribution in [0.4, 0.5) is 0 Å². The Morgan fingerprint density at radius 1 is 1.14 bits per heavy atom. The van der Waals surface area contributed by atoms with Gasteiger partial charge in [-0.3, -0.25) is 9.78 Å². The van der Waals surface area contributed by atoms with E-state index in [4.69, 9.17) is 19.9 Å². The van der Waals surface area contributed by atoms with Gasteiger partial charge in [-0.1, -0.05) is 0 Å². The summed E-state index contributed by atoms with van der Waals surface area (Å²) in [6.07, 6.45) is 7.60. The van der Waals surface area contributed by atoms with Crippen LogP contribution in [0.1, 0.15) is 31.2 Å². The van der Waals surface area contributed by atoms with Crippen LogP contribution in [0.15, 0.2) is 42.7 Å². The summed E-state index contributed by atoms with van der Waals surface area (Å²) in [5.74, 6) is 2.16. The van der Waals surface area contributed by atoms with E-state index in [2.05, 4.69) is 10.3 Å². The van der Waals surface area contributed by atoms with Gasteiger partial charge in [-0.25, -0.2) is 0 Å². The summed E-state index contributed by atoms with van der Waals surface area (Å²) in [5, 5.41) is 3.09. The van der Waals surface area contributed by atoms with Gasteiger partial charge in [0.25, 0.3) is 0 Å². The highest BCUT2D eigenvalue weighted by atomic mass is 16.7. The highest BCUT2D eigenvalue weighted by Gasteiger charge is 2.26. The van der Waals surface area contributed by atoms with Crippen molar-refractivity contribution >= 4 is 5.91 Å². The van der Waals surface area contributed by atoms with E-state index in [9.17, 15) is 4.79 Å². The monoisotopic (exact) mass is 383 g/mol. The van der Waals surface area contributed by atoms with Crippen molar-refractivity contribution < 1.29 is 19.0 Å². The zero-order valence-corrected chi connectivity index (χ0v) is 15.7. The highest BCUT2D eigenvalue weighted by Crippen LogP contribution is 2.36. The molecule has 1 saturated carbocycles. The molecule has 3 N–H and O–H groups in total. The molecule has 2 aliphatic rings. The van der Waals surface area contributed by atoms with Crippen molar-refractivity contribution in [3.63, 3.8) is 0 Å². The van der Waals surface area contributed by atoms with Gasteiger partial charge < -0.3 is 25.3 Å². The second-order valence-corrected chi connectivity index (χ2v) is 7.28. The fraction of sp³-hybridized carbons (Fsp3) is 0.429. The first-order chi connectivity index (χ1) is 13.7. The third-order valence-electron chi connectivity index (χ3n) is 5.21. The molecule has 0 spiro atoms. The van der Waals surface area contributed by atoms with Crippen LogP contribution < -0.4 is 25.3 Å². The zero-order valence-electron chi connectivity index (χ0n) is 15.7. The molecule has 7 nitrogen and oxygen atoms in total. The SMILES string of the molecule is N[C@@H](Cc1ccncc1)C(=O)NC1CCC(Oc2ccc3c(c2)OCO3)CC1. The predicted molar refractivity (Wildman–Crippen MR) is 103 cm³/mol. The number of nitrogens with two attached hydrogens (primary N) is 1. The summed E-state index contributed by atoms with van der Waals surface area (Å²) >= 11 is 0. The first-order valence-electron chi connectivity index (χ1n) is 9.68. The van der Waals surface area contributed by atoms with Crippen molar-refractivity contribution in [3.05, 3.63) is 48.3 Å². The summed E-state index contributed by atoms with van der Waals surface area (Å²) in [6.45, 7) is 0.257. The average Bonchev–Trinajstić information content (AvgIpc) is 3.18. The third kappa shape index (κ3) is 4.54. The number of hydrogen-bond acceptors (Lipinski definition) is 6. The van der Waals surface area contributed by atoms with Crippen molar-refractivity contribution in [1.29, 1.82) is 0 Å². The molecular weight excluding hydrogens is 358 g/mol. The molecule has 1 atom stereocenters. The first-order valence-corrected chi connectivity index (χ1v) is 9.68. The summed E-state index contributed by atoms with van der Waals surface area (Å²) in [7, 11) is 0. The van der Waals surface area contributed by atoms with Crippen molar-refractivity contribution in [1.82, 2.24) is 10.3 Å². The molecule has 148 valence electrons. The lowest BCUT2D eigenvalue weighted by atomic mass is 9.92. The quantitative estimate of drug-likeness (QED) is 0.794. The molecule has 0 unspecified atom stereocenters. The molecule has 2 heterocycles. The van der Waals surface area contributed by atoms with Crippen molar-refractivity contribution in [2.24, 2.45) is 5.73 Å². The van der Waals surface area contributed by atoms with Crippen LogP contribution in [0.5, 0.6) is 17.2 Å². The van der Waals surface area contributed by atoms with E-state index in [-0.39, 0.29) is 24.8 Å². The molecule has 1 aliphatic heterocycles. The molecule has 0 bridgehead atoms. The van der Waals surface area contributed by atoms with Crippen molar-refractivity contribution in [3.8, 4) is 17.2 Å². The van der Waals surface area contributed by atoms with Crippen molar-refractivity contribution in [2.75, 3.05) is 6.79 Å². The summed E-state index contributed by atoms with van der Waals surface area (Å²) in [4.78, 5) is 16.4. The lowest BCUT2D eigenvalue weighted by Crippen LogP contribution is -2.48. The van der Waals surface area contributed by atoms with Crippen LogP contribution >= 0.6 is 0 Å². The van der Waals surface area contributed by atoms with E-state index in [1.807, 2.05) is 30.3 Å². The van der Waals surface area contributed by atoms with Gasteiger partial charge in [0.2, 0.25) is 12.7 Å². The van der Waals surface area contributed by atoms with Crippen LogP contribution in [-0.2, 0) is 11.2 Å². The Morgan fingerprint density at radius 3 is 2.68 bits per heavy atom. The van der Waals surface area contributed by atoms with Gasteiger partial charge in [0.05, 0.1) is 12.1 Å². The van der Waals surface area contributed by atoms with Gasteiger partial charge in [0, 0.05) is 24.5 Å². The molecule has 1 aromatic carbocycles. The number of carbonyl (C=O) groups excluding carboxylic acids is 1. The minimum atomic E-state index is -0.551. The van der Waals surface area contributed by atoms with E-state index in [1.54, 1.807) is 12.4 Å². The first kappa shape index (κ1) is 18.6. The predicted octanol–water partition coefficient (Wildman–Crippen LogP) is 2.19. The average molecular weight is 383 g/mol.